The van der Waals surface area contributed by atoms with E-state index in [-0.39, 0.29) is 17.9 Å². The van der Waals surface area contributed by atoms with Gasteiger partial charge in [-0.25, -0.2) is 0 Å². The Balaban J connectivity index is 2.70. The van der Waals surface area contributed by atoms with E-state index in [4.69, 9.17) is 5.73 Å². The van der Waals surface area contributed by atoms with Crippen molar-refractivity contribution in [2.45, 2.75) is 46.1 Å². The summed E-state index contributed by atoms with van der Waals surface area (Å²) in [4.78, 5) is 25.1. The molecule has 1 fully saturated rings. The molecule has 1 saturated heterocycles. The Bertz CT molecular complexity index is 330. The lowest BCUT2D eigenvalue weighted by molar-refractivity contribution is -0.151. The molecule has 1 rings (SSSR count). The minimum absolute atomic E-state index is 0.0203. The Kier molecular flexibility index (Phi) is 4.73. The van der Waals surface area contributed by atoms with E-state index in [1.54, 1.807) is 4.90 Å². The summed E-state index contributed by atoms with van der Waals surface area (Å²) in [6.07, 6.45) is 1.60. The summed E-state index contributed by atoms with van der Waals surface area (Å²) in [7, 11) is 0. The summed E-state index contributed by atoms with van der Waals surface area (Å²) < 4.78 is 0. The Morgan fingerprint density at radius 3 is 2.44 bits per heavy atom. The minimum Gasteiger partial charge on any atom is -0.481 e. The van der Waals surface area contributed by atoms with Gasteiger partial charge in [0.05, 0.1) is 5.41 Å². The largest absolute Gasteiger partial charge is 0.481 e. The fraction of sp³-hybridized carbons (Fsp3) is 0.846. The van der Waals surface area contributed by atoms with Gasteiger partial charge in [-0.05, 0) is 18.8 Å². The molecule has 1 aliphatic heterocycles. The molecule has 0 spiro atoms. The second-order valence-electron chi connectivity index (χ2n) is 5.55. The highest BCUT2D eigenvalue weighted by Gasteiger charge is 2.48. The van der Waals surface area contributed by atoms with E-state index in [2.05, 4.69) is 0 Å². The first-order chi connectivity index (χ1) is 8.33. The SMILES string of the molecule is CCC(N)CC(=O)N1CCC(C(=O)O)(C(C)C)C1. The number of carboxylic acids is 1. The highest BCUT2D eigenvalue weighted by Crippen LogP contribution is 2.38. The number of carbonyl (C=O) groups excluding carboxylic acids is 1. The van der Waals surface area contributed by atoms with Crippen molar-refractivity contribution >= 4 is 11.9 Å². The van der Waals surface area contributed by atoms with Gasteiger partial charge in [0.2, 0.25) is 5.91 Å². The molecule has 5 nitrogen and oxygen atoms in total. The Morgan fingerprint density at radius 1 is 1.44 bits per heavy atom. The zero-order valence-electron chi connectivity index (χ0n) is 11.5. The molecule has 0 aromatic heterocycles. The Labute approximate surface area is 108 Å². The average molecular weight is 256 g/mol. The van der Waals surface area contributed by atoms with Crippen LogP contribution in [0.25, 0.3) is 0 Å². The van der Waals surface area contributed by atoms with Crippen LogP contribution in [-0.4, -0.2) is 41.0 Å². The van der Waals surface area contributed by atoms with Crippen LogP contribution in [-0.2, 0) is 9.59 Å². The van der Waals surface area contributed by atoms with Crippen molar-refractivity contribution in [3.8, 4) is 0 Å². The molecule has 0 aliphatic carbocycles. The van der Waals surface area contributed by atoms with Gasteiger partial charge in [0, 0.05) is 25.6 Å². The lowest BCUT2D eigenvalue weighted by atomic mass is 9.76. The predicted octanol–water partition coefficient (Wildman–Crippen LogP) is 1.07. The lowest BCUT2D eigenvalue weighted by Crippen LogP contribution is -2.41. The number of hydrogen-bond donors (Lipinski definition) is 2. The molecular formula is C13H24N2O3. The van der Waals surface area contributed by atoms with E-state index in [1.807, 2.05) is 20.8 Å². The maximum Gasteiger partial charge on any atom is 0.311 e. The molecule has 0 radical (unpaired) electrons. The molecule has 0 aromatic carbocycles. The van der Waals surface area contributed by atoms with E-state index < -0.39 is 11.4 Å². The number of nitrogens with zero attached hydrogens (tertiary/aromatic N) is 1. The molecule has 18 heavy (non-hydrogen) atoms. The summed E-state index contributed by atoms with van der Waals surface area (Å²) in [6.45, 7) is 6.59. The first-order valence-electron chi connectivity index (χ1n) is 6.60. The molecule has 0 aromatic rings. The summed E-state index contributed by atoms with van der Waals surface area (Å²) >= 11 is 0. The molecule has 3 N–H and O–H groups in total. The zero-order valence-corrected chi connectivity index (χ0v) is 11.5. The highest BCUT2D eigenvalue weighted by molar-refractivity contribution is 5.81. The molecular weight excluding hydrogens is 232 g/mol. The third kappa shape index (κ3) is 2.83. The third-order valence-electron chi connectivity index (χ3n) is 4.15. The molecule has 104 valence electrons. The summed E-state index contributed by atoms with van der Waals surface area (Å²) in [5.41, 5.74) is 4.98. The van der Waals surface area contributed by atoms with E-state index in [1.165, 1.54) is 0 Å². The minimum atomic E-state index is -0.799. The van der Waals surface area contributed by atoms with Gasteiger partial charge in [0.1, 0.15) is 0 Å². The van der Waals surface area contributed by atoms with E-state index >= 15 is 0 Å². The second-order valence-corrected chi connectivity index (χ2v) is 5.55. The van der Waals surface area contributed by atoms with Crippen molar-refractivity contribution in [1.82, 2.24) is 4.90 Å². The van der Waals surface area contributed by atoms with E-state index in [0.29, 0.717) is 25.9 Å². The van der Waals surface area contributed by atoms with E-state index in [0.717, 1.165) is 6.42 Å². The Hall–Kier alpha value is -1.10. The van der Waals surface area contributed by atoms with Gasteiger partial charge in [-0.3, -0.25) is 9.59 Å². The van der Waals surface area contributed by atoms with Gasteiger partial charge < -0.3 is 15.7 Å². The first kappa shape index (κ1) is 15.0. The lowest BCUT2D eigenvalue weighted by Gasteiger charge is -2.28. The molecule has 0 bridgehead atoms. The van der Waals surface area contributed by atoms with Crippen LogP contribution in [0.5, 0.6) is 0 Å². The topological polar surface area (TPSA) is 83.6 Å². The fourth-order valence-corrected chi connectivity index (χ4v) is 2.44. The van der Waals surface area contributed by atoms with Crippen LogP contribution < -0.4 is 5.73 Å². The maximum absolute atomic E-state index is 12.0. The number of hydrogen-bond acceptors (Lipinski definition) is 3. The molecule has 1 heterocycles. The van der Waals surface area contributed by atoms with Crippen LogP contribution in [0.4, 0.5) is 0 Å². The standard InChI is InChI=1S/C13H24N2O3/c1-4-10(14)7-11(16)15-6-5-13(8-15,9(2)3)12(17)18/h9-10H,4-8,14H2,1-3H3,(H,17,18). The number of likely N-dealkylation sites (tertiary alicyclic amines) is 1. The molecule has 2 atom stereocenters. The van der Waals surface area contributed by atoms with Gasteiger partial charge in [-0.2, -0.15) is 0 Å². The van der Waals surface area contributed by atoms with Gasteiger partial charge in [-0.15, -0.1) is 0 Å². The predicted molar refractivity (Wildman–Crippen MR) is 69.0 cm³/mol. The maximum atomic E-state index is 12.0. The zero-order chi connectivity index (χ0) is 13.9. The number of nitrogens with two attached hydrogens (primary N) is 1. The van der Waals surface area contributed by atoms with Crippen LogP contribution in [0.15, 0.2) is 0 Å². The van der Waals surface area contributed by atoms with Crippen LogP contribution in [0.1, 0.15) is 40.0 Å². The first-order valence-corrected chi connectivity index (χ1v) is 6.60. The monoisotopic (exact) mass is 256 g/mol. The molecule has 0 saturated carbocycles. The van der Waals surface area contributed by atoms with Crippen molar-refractivity contribution in [3.05, 3.63) is 0 Å². The van der Waals surface area contributed by atoms with Crippen LogP contribution in [0.3, 0.4) is 0 Å². The fourth-order valence-electron chi connectivity index (χ4n) is 2.44. The van der Waals surface area contributed by atoms with Gasteiger partial charge in [0.25, 0.3) is 0 Å². The van der Waals surface area contributed by atoms with E-state index in [9.17, 15) is 14.7 Å². The quantitative estimate of drug-likeness (QED) is 0.770. The number of aliphatic carboxylic acids is 1. The van der Waals surface area contributed by atoms with Crippen LogP contribution in [0.2, 0.25) is 0 Å². The number of amides is 1. The van der Waals surface area contributed by atoms with Crippen molar-refractivity contribution < 1.29 is 14.7 Å². The molecule has 2 unspecified atom stereocenters. The summed E-state index contributed by atoms with van der Waals surface area (Å²) in [5, 5.41) is 9.40. The molecule has 5 heteroatoms. The summed E-state index contributed by atoms with van der Waals surface area (Å²) in [6, 6.07) is -0.128. The average Bonchev–Trinajstić information content (AvgIpc) is 2.74. The van der Waals surface area contributed by atoms with Crippen molar-refractivity contribution in [1.29, 1.82) is 0 Å². The third-order valence-corrected chi connectivity index (χ3v) is 4.15. The van der Waals surface area contributed by atoms with Crippen molar-refractivity contribution in [2.75, 3.05) is 13.1 Å². The van der Waals surface area contributed by atoms with Gasteiger partial charge in [0.15, 0.2) is 0 Å². The summed E-state index contributed by atoms with van der Waals surface area (Å²) in [5.74, 6) is -0.798. The van der Waals surface area contributed by atoms with Crippen LogP contribution >= 0.6 is 0 Å². The van der Waals surface area contributed by atoms with Crippen LogP contribution in [0, 0.1) is 11.3 Å². The van der Waals surface area contributed by atoms with Crippen molar-refractivity contribution in [3.63, 3.8) is 0 Å². The van der Waals surface area contributed by atoms with Crippen molar-refractivity contribution in [2.24, 2.45) is 17.1 Å². The highest BCUT2D eigenvalue weighted by atomic mass is 16.4. The van der Waals surface area contributed by atoms with Gasteiger partial charge >= 0.3 is 5.97 Å². The Morgan fingerprint density at radius 2 is 2.06 bits per heavy atom. The molecule has 1 aliphatic rings. The van der Waals surface area contributed by atoms with Gasteiger partial charge in [-0.1, -0.05) is 20.8 Å². The number of rotatable bonds is 5. The molecule has 1 amide bonds. The smallest absolute Gasteiger partial charge is 0.311 e. The number of carbonyl (C=O) groups is 2. The normalized spacial score (nSPS) is 25.5. The second kappa shape index (κ2) is 5.69. The number of carboxylic acid groups (broad SMARTS) is 1.